The number of hydrogen-bond acceptors (Lipinski definition) is 3. The van der Waals surface area contributed by atoms with Crippen LogP contribution in [0.2, 0.25) is 0 Å². The van der Waals surface area contributed by atoms with Gasteiger partial charge in [-0.25, -0.2) is 9.97 Å². The van der Waals surface area contributed by atoms with Crippen molar-refractivity contribution in [2.45, 2.75) is 58.9 Å². The molecule has 1 aromatic rings. The van der Waals surface area contributed by atoms with Crippen molar-refractivity contribution >= 4 is 21.7 Å². The topological polar surface area (TPSA) is 29.0 Å². The maximum Gasteiger partial charge on any atom is 0.137 e. The van der Waals surface area contributed by atoms with E-state index >= 15 is 0 Å². The standard InChI is InChI=1S/C15H24BrN3/c1-10(2)19(9-11-6-7-11)13-8-12(16)17-14(18-13)15(3,4)5/h8,10-11H,6-7,9H2,1-5H3. The van der Waals surface area contributed by atoms with Crippen molar-refractivity contribution in [1.82, 2.24) is 9.97 Å². The second-order valence-electron chi connectivity index (χ2n) is 6.81. The zero-order valence-electron chi connectivity index (χ0n) is 12.6. The van der Waals surface area contributed by atoms with E-state index in [0.717, 1.165) is 28.7 Å². The van der Waals surface area contributed by atoms with E-state index in [1.807, 2.05) is 6.07 Å². The van der Waals surface area contributed by atoms with Crippen LogP contribution in [0, 0.1) is 5.92 Å². The summed E-state index contributed by atoms with van der Waals surface area (Å²) >= 11 is 3.53. The summed E-state index contributed by atoms with van der Waals surface area (Å²) in [6.07, 6.45) is 2.73. The summed E-state index contributed by atoms with van der Waals surface area (Å²) in [5, 5.41) is 0. The Labute approximate surface area is 125 Å². The Kier molecular flexibility index (Phi) is 4.19. The molecule has 19 heavy (non-hydrogen) atoms. The molecule has 0 spiro atoms. The summed E-state index contributed by atoms with van der Waals surface area (Å²) in [6.45, 7) is 12.0. The zero-order chi connectivity index (χ0) is 14.2. The minimum atomic E-state index is -0.0270. The molecule has 1 fully saturated rings. The van der Waals surface area contributed by atoms with Gasteiger partial charge in [0.25, 0.3) is 0 Å². The maximum atomic E-state index is 4.79. The Hall–Kier alpha value is -0.640. The summed E-state index contributed by atoms with van der Waals surface area (Å²) in [5.41, 5.74) is -0.0270. The number of halogens is 1. The van der Waals surface area contributed by atoms with E-state index in [2.05, 4.69) is 60.4 Å². The van der Waals surface area contributed by atoms with Crippen LogP contribution in [0.4, 0.5) is 5.82 Å². The lowest BCUT2D eigenvalue weighted by atomic mass is 9.96. The molecule has 1 aliphatic rings. The van der Waals surface area contributed by atoms with Crippen LogP contribution in [0.15, 0.2) is 10.7 Å². The van der Waals surface area contributed by atoms with Gasteiger partial charge in [0.15, 0.2) is 0 Å². The highest BCUT2D eigenvalue weighted by Crippen LogP contribution is 2.33. The fourth-order valence-corrected chi connectivity index (χ4v) is 2.41. The van der Waals surface area contributed by atoms with Crippen LogP contribution in [0.3, 0.4) is 0 Å². The van der Waals surface area contributed by atoms with E-state index in [1.165, 1.54) is 12.8 Å². The summed E-state index contributed by atoms with van der Waals surface area (Å²) in [6, 6.07) is 2.51. The highest BCUT2D eigenvalue weighted by molar-refractivity contribution is 9.10. The third-order valence-corrected chi connectivity index (χ3v) is 3.83. The van der Waals surface area contributed by atoms with Crippen LogP contribution >= 0.6 is 15.9 Å². The molecule has 106 valence electrons. The van der Waals surface area contributed by atoms with Crippen molar-refractivity contribution in [3.8, 4) is 0 Å². The average molecular weight is 326 g/mol. The minimum Gasteiger partial charge on any atom is -0.354 e. The largest absolute Gasteiger partial charge is 0.354 e. The van der Waals surface area contributed by atoms with E-state index in [-0.39, 0.29) is 5.41 Å². The minimum absolute atomic E-state index is 0.0270. The van der Waals surface area contributed by atoms with Gasteiger partial charge in [0, 0.05) is 24.1 Å². The molecule has 4 heteroatoms. The second kappa shape index (κ2) is 5.39. The first-order chi connectivity index (χ1) is 8.77. The molecule has 0 saturated heterocycles. The van der Waals surface area contributed by atoms with Gasteiger partial charge in [-0.05, 0) is 48.5 Å². The summed E-state index contributed by atoms with van der Waals surface area (Å²) in [5.74, 6) is 2.81. The fraction of sp³-hybridized carbons (Fsp3) is 0.733. The average Bonchev–Trinajstić information content (AvgIpc) is 3.07. The SMILES string of the molecule is CC(C)N(CC1CC1)c1cc(Br)nc(C(C)(C)C)n1. The van der Waals surface area contributed by atoms with Crippen LogP contribution in [0.1, 0.15) is 53.3 Å². The molecule has 1 aliphatic carbocycles. The van der Waals surface area contributed by atoms with Gasteiger partial charge in [0.1, 0.15) is 16.2 Å². The van der Waals surface area contributed by atoms with Gasteiger partial charge in [-0.15, -0.1) is 0 Å². The van der Waals surface area contributed by atoms with Crippen molar-refractivity contribution in [3.63, 3.8) is 0 Å². The Morgan fingerprint density at radius 3 is 2.42 bits per heavy atom. The first-order valence-corrected chi connectivity index (χ1v) is 7.88. The van der Waals surface area contributed by atoms with Crippen LogP contribution in [-0.2, 0) is 5.41 Å². The summed E-state index contributed by atoms with van der Waals surface area (Å²) < 4.78 is 0.879. The van der Waals surface area contributed by atoms with Crippen molar-refractivity contribution in [1.29, 1.82) is 0 Å². The molecule has 0 aromatic carbocycles. The van der Waals surface area contributed by atoms with Gasteiger partial charge in [-0.2, -0.15) is 0 Å². The van der Waals surface area contributed by atoms with Gasteiger partial charge >= 0.3 is 0 Å². The van der Waals surface area contributed by atoms with Crippen LogP contribution < -0.4 is 4.90 Å². The smallest absolute Gasteiger partial charge is 0.137 e. The van der Waals surface area contributed by atoms with Crippen molar-refractivity contribution in [2.24, 2.45) is 5.92 Å². The Bertz CT molecular complexity index is 447. The summed E-state index contributed by atoms with van der Waals surface area (Å²) in [4.78, 5) is 11.7. The van der Waals surface area contributed by atoms with Gasteiger partial charge in [0.05, 0.1) is 0 Å². The van der Waals surface area contributed by atoms with Gasteiger partial charge < -0.3 is 4.90 Å². The number of hydrogen-bond donors (Lipinski definition) is 0. The number of anilines is 1. The number of rotatable bonds is 4. The zero-order valence-corrected chi connectivity index (χ0v) is 14.2. The quantitative estimate of drug-likeness (QED) is 0.778. The van der Waals surface area contributed by atoms with Crippen LogP contribution in [-0.4, -0.2) is 22.6 Å². The first kappa shape index (κ1) is 14.8. The molecule has 3 nitrogen and oxygen atoms in total. The van der Waals surface area contributed by atoms with Gasteiger partial charge in [-0.1, -0.05) is 20.8 Å². The molecule has 0 atom stereocenters. The number of nitrogens with zero attached hydrogens (tertiary/aromatic N) is 3. The number of aromatic nitrogens is 2. The van der Waals surface area contributed by atoms with Crippen molar-refractivity contribution < 1.29 is 0 Å². The Morgan fingerprint density at radius 1 is 1.32 bits per heavy atom. The normalized spacial score (nSPS) is 15.9. The van der Waals surface area contributed by atoms with E-state index in [4.69, 9.17) is 4.98 Å². The molecular weight excluding hydrogens is 302 g/mol. The maximum absolute atomic E-state index is 4.79. The third-order valence-electron chi connectivity index (χ3n) is 3.42. The van der Waals surface area contributed by atoms with E-state index < -0.39 is 0 Å². The predicted molar refractivity (Wildman–Crippen MR) is 83.6 cm³/mol. The van der Waals surface area contributed by atoms with E-state index in [0.29, 0.717) is 6.04 Å². The molecule has 0 aliphatic heterocycles. The predicted octanol–water partition coefficient (Wildman–Crippen LogP) is 4.16. The fourth-order valence-electron chi connectivity index (χ4n) is 2.04. The van der Waals surface area contributed by atoms with Crippen LogP contribution in [0.25, 0.3) is 0 Å². The molecular formula is C15H24BrN3. The van der Waals surface area contributed by atoms with E-state index in [9.17, 15) is 0 Å². The molecule has 0 radical (unpaired) electrons. The molecule has 1 heterocycles. The van der Waals surface area contributed by atoms with Crippen molar-refractivity contribution in [3.05, 3.63) is 16.5 Å². The van der Waals surface area contributed by atoms with Crippen LogP contribution in [0.5, 0.6) is 0 Å². The Morgan fingerprint density at radius 2 is 1.95 bits per heavy atom. The second-order valence-corrected chi connectivity index (χ2v) is 7.62. The summed E-state index contributed by atoms with van der Waals surface area (Å²) in [7, 11) is 0. The molecule has 0 bridgehead atoms. The molecule has 1 saturated carbocycles. The molecule has 1 aromatic heterocycles. The Balaban J connectivity index is 2.32. The van der Waals surface area contributed by atoms with E-state index in [1.54, 1.807) is 0 Å². The molecule has 0 unspecified atom stereocenters. The monoisotopic (exact) mass is 325 g/mol. The molecule has 0 amide bonds. The third kappa shape index (κ3) is 3.91. The highest BCUT2D eigenvalue weighted by atomic mass is 79.9. The van der Waals surface area contributed by atoms with Gasteiger partial charge in [0.2, 0.25) is 0 Å². The van der Waals surface area contributed by atoms with Gasteiger partial charge in [-0.3, -0.25) is 0 Å². The van der Waals surface area contributed by atoms with Crippen molar-refractivity contribution in [2.75, 3.05) is 11.4 Å². The molecule has 0 N–H and O–H groups in total. The molecule has 2 rings (SSSR count). The lowest BCUT2D eigenvalue weighted by molar-refractivity contribution is 0.538. The lowest BCUT2D eigenvalue weighted by Crippen LogP contribution is -2.34. The highest BCUT2D eigenvalue weighted by Gasteiger charge is 2.27. The first-order valence-electron chi connectivity index (χ1n) is 7.09. The lowest BCUT2D eigenvalue weighted by Gasteiger charge is -2.29.